The van der Waals surface area contributed by atoms with E-state index in [1.807, 2.05) is 57.3 Å². The number of halogens is 1. The zero-order valence-corrected chi connectivity index (χ0v) is 27.2. The first-order valence-corrected chi connectivity index (χ1v) is 16.1. The molecule has 0 bridgehead atoms. The number of benzene rings is 3. The lowest BCUT2D eigenvalue weighted by Gasteiger charge is -2.22. The topological polar surface area (TPSA) is 82.0 Å². The van der Waals surface area contributed by atoms with Crippen molar-refractivity contribution in [3.05, 3.63) is 89.9 Å². The van der Waals surface area contributed by atoms with E-state index in [0.717, 1.165) is 62.8 Å². The van der Waals surface area contributed by atoms with E-state index in [2.05, 4.69) is 21.7 Å². The molecule has 0 aliphatic carbocycles. The molecule has 3 aromatic carbocycles. The van der Waals surface area contributed by atoms with Crippen LogP contribution in [0.5, 0.6) is 17.2 Å². The molecule has 244 valence electrons. The number of nitrogens with one attached hydrogen (secondary N) is 1. The third kappa shape index (κ3) is 8.88. The van der Waals surface area contributed by atoms with E-state index in [1.54, 1.807) is 24.3 Å². The number of amides is 1. The summed E-state index contributed by atoms with van der Waals surface area (Å²) in [5.74, 6) is 1.41. The molecule has 0 unspecified atom stereocenters. The van der Waals surface area contributed by atoms with Crippen molar-refractivity contribution in [3.63, 3.8) is 0 Å². The summed E-state index contributed by atoms with van der Waals surface area (Å²) in [5, 5.41) is 3.77. The van der Waals surface area contributed by atoms with Gasteiger partial charge in [-0.25, -0.2) is 9.18 Å². The summed E-state index contributed by atoms with van der Waals surface area (Å²) in [7, 11) is 0. The van der Waals surface area contributed by atoms with Crippen LogP contribution in [0.4, 0.5) is 9.18 Å². The maximum Gasteiger partial charge on any atom is 0.407 e. The van der Waals surface area contributed by atoms with Gasteiger partial charge in [0.15, 0.2) is 5.78 Å². The average molecular weight is 630 g/mol. The second-order valence-electron chi connectivity index (χ2n) is 12.8. The van der Waals surface area contributed by atoms with Gasteiger partial charge in [-0.05, 0) is 107 Å². The number of nitrogens with zero attached hydrogens (tertiary/aromatic N) is 2. The fraction of sp³-hybridized carbons (Fsp3) is 0.405. The van der Waals surface area contributed by atoms with Gasteiger partial charge in [0.25, 0.3) is 0 Å². The highest BCUT2D eigenvalue weighted by Crippen LogP contribution is 2.31. The number of hydrogen-bond donors (Lipinski definition) is 1. The lowest BCUT2D eigenvalue weighted by Crippen LogP contribution is -2.40. The highest BCUT2D eigenvalue weighted by Gasteiger charge is 2.26. The Labute approximate surface area is 270 Å². The molecule has 1 aliphatic rings. The maximum absolute atomic E-state index is 13.8. The lowest BCUT2D eigenvalue weighted by molar-refractivity contribution is 0.0505. The van der Waals surface area contributed by atoms with Gasteiger partial charge < -0.3 is 29.0 Å². The van der Waals surface area contributed by atoms with Gasteiger partial charge in [-0.1, -0.05) is 13.3 Å². The van der Waals surface area contributed by atoms with E-state index >= 15 is 0 Å². The van der Waals surface area contributed by atoms with Gasteiger partial charge in [0.05, 0.1) is 6.61 Å². The van der Waals surface area contributed by atoms with Crippen molar-refractivity contribution in [1.82, 2.24) is 14.8 Å². The number of fused-ring (bicyclic) bond motifs is 1. The summed E-state index contributed by atoms with van der Waals surface area (Å²) >= 11 is 0. The summed E-state index contributed by atoms with van der Waals surface area (Å²) in [6, 6.07) is 19.0. The third-order valence-electron chi connectivity index (χ3n) is 7.90. The van der Waals surface area contributed by atoms with Gasteiger partial charge in [-0.3, -0.25) is 4.79 Å². The van der Waals surface area contributed by atoms with Crippen LogP contribution in [0, 0.1) is 5.82 Å². The number of alkyl carbamates (subject to hydrolysis) is 1. The molecule has 1 N–H and O–H groups in total. The predicted octanol–water partition coefficient (Wildman–Crippen LogP) is 7.97. The molecule has 1 saturated heterocycles. The molecule has 1 amide bonds. The Morgan fingerprint density at radius 3 is 2.37 bits per heavy atom. The molecule has 9 heteroatoms. The maximum atomic E-state index is 13.8. The largest absolute Gasteiger partial charge is 0.494 e. The van der Waals surface area contributed by atoms with Gasteiger partial charge >= 0.3 is 6.09 Å². The molecule has 8 nitrogen and oxygen atoms in total. The molecule has 0 radical (unpaired) electrons. The summed E-state index contributed by atoms with van der Waals surface area (Å²) in [6.07, 6.45) is 5.35. The first kappa shape index (κ1) is 33.0. The second-order valence-corrected chi connectivity index (χ2v) is 12.8. The minimum absolute atomic E-state index is 0.0747. The van der Waals surface area contributed by atoms with Crippen molar-refractivity contribution in [3.8, 4) is 17.2 Å². The number of rotatable bonds is 13. The van der Waals surface area contributed by atoms with Crippen LogP contribution in [-0.4, -0.2) is 59.2 Å². The molecule has 5 rings (SSSR count). The normalized spacial score (nSPS) is 15.2. The Hall–Kier alpha value is -4.37. The van der Waals surface area contributed by atoms with E-state index in [-0.39, 0.29) is 23.7 Å². The molecular weight excluding hydrogens is 585 g/mol. The van der Waals surface area contributed by atoms with E-state index in [0.29, 0.717) is 35.0 Å². The standard InChI is InChI=1S/C37H44FN3O5/c1-5-6-20-41-25-33(32-23-31(16-17-34(32)41)45-30-14-10-27(38)11-15-30)35(42)26-8-12-29(13-9-26)44-22-7-19-40-21-18-28(24-40)39-36(43)46-37(2,3)4/h8-17,23,25,28H,5-7,18-22,24H2,1-4H3,(H,39,43)/t28-/m0/s1. The summed E-state index contributed by atoms with van der Waals surface area (Å²) in [6.45, 7) is 11.7. The van der Waals surface area contributed by atoms with Crippen molar-refractivity contribution in [2.45, 2.75) is 71.6 Å². The first-order valence-electron chi connectivity index (χ1n) is 16.1. The van der Waals surface area contributed by atoms with Crippen LogP contribution in [0.15, 0.2) is 72.9 Å². The highest BCUT2D eigenvalue weighted by atomic mass is 19.1. The lowest BCUT2D eigenvalue weighted by atomic mass is 10.0. The number of unbranched alkanes of at least 4 members (excludes halogenated alkanes) is 1. The Morgan fingerprint density at radius 2 is 1.65 bits per heavy atom. The molecule has 0 spiro atoms. The third-order valence-corrected chi connectivity index (χ3v) is 7.90. The molecule has 46 heavy (non-hydrogen) atoms. The van der Waals surface area contributed by atoms with Crippen molar-refractivity contribution >= 4 is 22.8 Å². The van der Waals surface area contributed by atoms with Crippen molar-refractivity contribution in [1.29, 1.82) is 0 Å². The highest BCUT2D eigenvalue weighted by molar-refractivity contribution is 6.16. The minimum atomic E-state index is -0.507. The van der Waals surface area contributed by atoms with E-state index in [9.17, 15) is 14.0 Å². The van der Waals surface area contributed by atoms with Crippen LogP contribution in [0.1, 0.15) is 69.3 Å². The summed E-state index contributed by atoms with van der Waals surface area (Å²) in [5.41, 5.74) is 1.64. The molecule has 0 saturated carbocycles. The van der Waals surface area contributed by atoms with Gasteiger partial charge in [0, 0.05) is 60.4 Å². The van der Waals surface area contributed by atoms with E-state index in [1.165, 1.54) is 12.1 Å². The van der Waals surface area contributed by atoms with Crippen LogP contribution in [0.3, 0.4) is 0 Å². The molecular formula is C37H44FN3O5. The number of aromatic nitrogens is 1. The molecule has 1 atom stereocenters. The number of carbonyl (C=O) groups is 2. The Kier molecular flexibility index (Phi) is 10.6. The van der Waals surface area contributed by atoms with Crippen LogP contribution in [-0.2, 0) is 11.3 Å². The summed E-state index contributed by atoms with van der Waals surface area (Å²) in [4.78, 5) is 28.1. The molecule has 2 heterocycles. The van der Waals surface area contributed by atoms with Crippen LogP contribution >= 0.6 is 0 Å². The zero-order valence-electron chi connectivity index (χ0n) is 27.2. The average Bonchev–Trinajstić information content (AvgIpc) is 3.62. The van der Waals surface area contributed by atoms with Crippen LogP contribution in [0.2, 0.25) is 0 Å². The smallest absolute Gasteiger partial charge is 0.407 e. The molecule has 1 fully saturated rings. The SMILES string of the molecule is CCCCn1cc(C(=O)c2ccc(OCCCN3CC[C@H](NC(=O)OC(C)(C)C)C3)cc2)c2cc(Oc3ccc(F)cc3)ccc21. The summed E-state index contributed by atoms with van der Waals surface area (Å²) < 4.78 is 32.8. The zero-order chi connectivity index (χ0) is 32.7. The first-order chi connectivity index (χ1) is 22.1. The Bertz CT molecular complexity index is 1630. The van der Waals surface area contributed by atoms with E-state index < -0.39 is 5.60 Å². The number of ether oxygens (including phenoxy) is 3. The Morgan fingerprint density at radius 1 is 0.935 bits per heavy atom. The van der Waals surface area contributed by atoms with Gasteiger partial charge in [0.1, 0.15) is 28.7 Å². The quantitative estimate of drug-likeness (QED) is 0.119. The van der Waals surface area contributed by atoms with Crippen molar-refractivity contribution < 1.29 is 28.2 Å². The number of likely N-dealkylation sites (tertiary alicyclic amines) is 1. The number of ketones is 1. The number of carbonyl (C=O) groups excluding carboxylic acids is 2. The second kappa shape index (κ2) is 14.8. The van der Waals surface area contributed by atoms with Crippen molar-refractivity contribution in [2.75, 3.05) is 26.2 Å². The minimum Gasteiger partial charge on any atom is -0.494 e. The Balaban J connectivity index is 1.17. The number of hydrogen-bond acceptors (Lipinski definition) is 6. The van der Waals surface area contributed by atoms with Gasteiger partial charge in [-0.2, -0.15) is 0 Å². The predicted molar refractivity (Wildman–Crippen MR) is 178 cm³/mol. The molecule has 4 aromatic rings. The van der Waals surface area contributed by atoms with Gasteiger partial charge in [-0.15, -0.1) is 0 Å². The van der Waals surface area contributed by atoms with Crippen LogP contribution in [0.25, 0.3) is 10.9 Å². The number of aryl methyl sites for hydroxylation is 1. The van der Waals surface area contributed by atoms with E-state index in [4.69, 9.17) is 14.2 Å². The van der Waals surface area contributed by atoms with Crippen molar-refractivity contribution in [2.24, 2.45) is 0 Å². The molecule has 1 aliphatic heterocycles. The monoisotopic (exact) mass is 629 g/mol. The molecule has 1 aromatic heterocycles. The van der Waals surface area contributed by atoms with Gasteiger partial charge in [0.2, 0.25) is 0 Å². The fourth-order valence-corrected chi connectivity index (χ4v) is 5.64. The fourth-order valence-electron chi connectivity index (χ4n) is 5.64. The van der Waals surface area contributed by atoms with Crippen LogP contribution < -0.4 is 14.8 Å².